The summed E-state index contributed by atoms with van der Waals surface area (Å²) in [5.74, 6) is 0.972. The van der Waals surface area contributed by atoms with Crippen molar-refractivity contribution in [2.24, 2.45) is 0 Å². The van der Waals surface area contributed by atoms with Crippen LogP contribution in [0.3, 0.4) is 0 Å². The van der Waals surface area contributed by atoms with Gasteiger partial charge in [0.2, 0.25) is 0 Å². The summed E-state index contributed by atoms with van der Waals surface area (Å²) in [4.78, 5) is 18.9. The molecule has 4 rings (SSSR count). The molecule has 1 aromatic carbocycles. The van der Waals surface area contributed by atoms with Crippen molar-refractivity contribution >= 4 is 17.1 Å². The van der Waals surface area contributed by atoms with Gasteiger partial charge in [-0.2, -0.15) is 0 Å². The van der Waals surface area contributed by atoms with Crippen molar-refractivity contribution in [1.82, 2.24) is 19.8 Å². The Hall–Kier alpha value is -2.12. The van der Waals surface area contributed by atoms with Crippen LogP contribution in [0.15, 0.2) is 24.3 Å². The van der Waals surface area contributed by atoms with Gasteiger partial charge in [-0.25, -0.2) is 9.78 Å². The van der Waals surface area contributed by atoms with Crippen molar-refractivity contribution in [1.29, 1.82) is 0 Å². The highest BCUT2D eigenvalue weighted by Crippen LogP contribution is 2.18. The number of benzene rings is 1. The first-order chi connectivity index (χ1) is 13.7. The van der Waals surface area contributed by atoms with E-state index in [2.05, 4.69) is 20.9 Å². The third kappa shape index (κ3) is 4.47. The highest BCUT2D eigenvalue weighted by molar-refractivity contribution is 5.76. The highest BCUT2D eigenvalue weighted by atomic mass is 16.5. The number of imidazole rings is 1. The lowest BCUT2D eigenvalue weighted by Crippen LogP contribution is -2.46. The second-order valence-corrected chi connectivity index (χ2v) is 7.69. The normalized spacial score (nSPS) is 20.8. The molecule has 1 aromatic heterocycles. The molecule has 3 heterocycles. The molecule has 2 aromatic rings. The van der Waals surface area contributed by atoms with Crippen molar-refractivity contribution in [3.8, 4) is 0 Å². The van der Waals surface area contributed by atoms with E-state index in [1.165, 1.54) is 0 Å². The monoisotopic (exact) mass is 386 g/mol. The van der Waals surface area contributed by atoms with E-state index in [9.17, 15) is 4.79 Å². The number of likely N-dealkylation sites (tertiary alicyclic amines) is 1. The van der Waals surface area contributed by atoms with E-state index in [-0.39, 0.29) is 18.2 Å². The number of hydrogen-bond acceptors (Lipinski definition) is 4. The van der Waals surface area contributed by atoms with Crippen LogP contribution in [0.5, 0.6) is 0 Å². The Labute approximate surface area is 166 Å². The first-order valence-electron chi connectivity index (χ1n) is 10.4. The van der Waals surface area contributed by atoms with Crippen LogP contribution in [-0.2, 0) is 16.0 Å². The van der Waals surface area contributed by atoms with Gasteiger partial charge in [0.15, 0.2) is 0 Å². The van der Waals surface area contributed by atoms with Gasteiger partial charge >= 0.3 is 6.03 Å². The maximum Gasteiger partial charge on any atom is 0.317 e. The van der Waals surface area contributed by atoms with Crippen LogP contribution < -0.4 is 5.32 Å². The molecule has 2 aliphatic heterocycles. The summed E-state index contributed by atoms with van der Waals surface area (Å²) < 4.78 is 13.7. The largest absolute Gasteiger partial charge is 0.376 e. The van der Waals surface area contributed by atoms with E-state index >= 15 is 0 Å². The molecule has 1 atom stereocenters. The van der Waals surface area contributed by atoms with Crippen LogP contribution >= 0.6 is 0 Å². The van der Waals surface area contributed by atoms with Crippen LogP contribution in [0.25, 0.3) is 11.0 Å². The Morgan fingerprint density at radius 2 is 2.11 bits per heavy atom. The van der Waals surface area contributed by atoms with Crippen molar-refractivity contribution in [3.05, 3.63) is 30.1 Å². The molecule has 0 spiro atoms. The average Bonchev–Trinajstić information content (AvgIpc) is 3.34. The number of hydrogen-bond donors (Lipinski definition) is 1. The van der Waals surface area contributed by atoms with Gasteiger partial charge < -0.3 is 24.3 Å². The van der Waals surface area contributed by atoms with Gasteiger partial charge in [0, 0.05) is 32.8 Å². The van der Waals surface area contributed by atoms with E-state index in [0.717, 1.165) is 68.8 Å². The Kier molecular flexibility index (Phi) is 6.12. The molecule has 2 saturated heterocycles. The molecule has 2 fully saturated rings. The van der Waals surface area contributed by atoms with E-state index < -0.39 is 0 Å². The fourth-order valence-corrected chi connectivity index (χ4v) is 4.11. The van der Waals surface area contributed by atoms with E-state index in [1.54, 1.807) is 0 Å². The molecular weight excluding hydrogens is 356 g/mol. The predicted molar refractivity (Wildman–Crippen MR) is 107 cm³/mol. The van der Waals surface area contributed by atoms with Crippen molar-refractivity contribution in [3.63, 3.8) is 0 Å². The minimum absolute atomic E-state index is 0.0136. The number of carbonyl (C=O) groups is 1. The minimum atomic E-state index is 0.0136. The van der Waals surface area contributed by atoms with Crippen LogP contribution in [0.1, 0.15) is 31.5 Å². The molecule has 28 heavy (non-hydrogen) atoms. The number of rotatable bonds is 6. The number of fused-ring (bicyclic) bond motifs is 1. The van der Waals surface area contributed by atoms with Crippen LogP contribution in [0.4, 0.5) is 4.79 Å². The number of nitrogens with one attached hydrogen (secondary N) is 1. The molecule has 0 radical (unpaired) electrons. The van der Waals surface area contributed by atoms with E-state index in [1.807, 2.05) is 30.0 Å². The van der Waals surface area contributed by atoms with Gasteiger partial charge in [-0.1, -0.05) is 12.1 Å². The first kappa shape index (κ1) is 19.2. The number of carbonyl (C=O) groups excluding carboxylic acids is 1. The lowest BCUT2D eigenvalue weighted by molar-refractivity contribution is -0.0381. The number of para-hydroxylation sites is 2. The maximum atomic E-state index is 12.5. The molecule has 7 heteroatoms. The van der Waals surface area contributed by atoms with Crippen molar-refractivity contribution in [2.75, 3.05) is 32.8 Å². The molecule has 2 amide bonds. The zero-order chi connectivity index (χ0) is 19.3. The summed E-state index contributed by atoms with van der Waals surface area (Å²) in [6.07, 6.45) is 4.54. The number of urea groups is 1. The summed E-state index contributed by atoms with van der Waals surface area (Å²) in [6, 6.07) is 8.11. The Bertz CT molecular complexity index is 792. The molecule has 1 unspecified atom stereocenters. The molecule has 152 valence electrons. The summed E-state index contributed by atoms with van der Waals surface area (Å²) in [5.41, 5.74) is 2.11. The van der Waals surface area contributed by atoms with Gasteiger partial charge in [0.05, 0.1) is 29.8 Å². The molecule has 1 N–H and O–H groups in total. The third-order valence-corrected chi connectivity index (χ3v) is 5.73. The number of aryl methyl sites for hydroxylation is 1. The number of ether oxygens (including phenoxy) is 2. The predicted octanol–water partition coefficient (Wildman–Crippen LogP) is 2.71. The van der Waals surface area contributed by atoms with Crippen LogP contribution in [0, 0.1) is 6.92 Å². The number of aromatic nitrogens is 2. The lowest BCUT2D eigenvalue weighted by Gasteiger charge is -2.32. The van der Waals surface area contributed by atoms with Crippen molar-refractivity contribution in [2.45, 2.75) is 51.4 Å². The summed E-state index contributed by atoms with van der Waals surface area (Å²) in [5, 5.41) is 3.05. The molecular formula is C21H30N4O3. The van der Waals surface area contributed by atoms with Gasteiger partial charge in [0.1, 0.15) is 5.82 Å². The van der Waals surface area contributed by atoms with Crippen LogP contribution in [-0.4, -0.2) is 65.5 Å². The maximum absolute atomic E-state index is 12.5. The molecule has 2 aliphatic rings. The average molecular weight is 386 g/mol. The third-order valence-electron chi connectivity index (χ3n) is 5.73. The smallest absolute Gasteiger partial charge is 0.317 e. The molecule has 7 nitrogen and oxygen atoms in total. The molecule has 0 aliphatic carbocycles. The molecule has 0 saturated carbocycles. The number of piperidine rings is 1. The van der Waals surface area contributed by atoms with Gasteiger partial charge in [-0.15, -0.1) is 0 Å². The lowest BCUT2D eigenvalue weighted by atomic mass is 10.1. The molecule has 0 bridgehead atoms. The van der Waals surface area contributed by atoms with Crippen molar-refractivity contribution < 1.29 is 14.3 Å². The standard InChI is InChI=1S/C21H30N4O3/c1-16-23-19-6-2-3-7-20(19)25(16)13-10-22-21(26)24-11-8-17(9-12-24)28-15-18-5-4-14-27-18/h2-3,6-7,17-18H,4-5,8-15H2,1H3,(H,22,26). The quantitative estimate of drug-likeness (QED) is 0.829. The summed E-state index contributed by atoms with van der Waals surface area (Å²) >= 11 is 0. The number of amides is 2. The van der Waals surface area contributed by atoms with Gasteiger partial charge in [-0.05, 0) is 44.7 Å². The zero-order valence-corrected chi connectivity index (χ0v) is 16.6. The van der Waals surface area contributed by atoms with Gasteiger partial charge in [0.25, 0.3) is 0 Å². The second kappa shape index (κ2) is 8.92. The fraction of sp³-hybridized carbons (Fsp3) is 0.619. The summed E-state index contributed by atoms with van der Waals surface area (Å²) in [7, 11) is 0. The van der Waals surface area contributed by atoms with E-state index in [0.29, 0.717) is 13.2 Å². The SMILES string of the molecule is Cc1nc2ccccc2n1CCNC(=O)N1CCC(OCC2CCCO2)CC1. The highest BCUT2D eigenvalue weighted by Gasteiger charge is 2.25. The Morgan fingerprint density at radius 1 is 1.29 bits per heavy atom. The fourth-order valence-electron chi connectivity index (χ4n) is 4.11. The minimum Gasteiger partial charge on any atom is -0.376 e. The number of nitrogens with zero attached hydrogens (tertiary/aromatic N) is 3. The van der Waals surface area contributed by atoms with E-state index in [4.69, 9.17) is 9.47 Å². The Balaban J connectivity index is 1.19. The van der Waals surface area contributed by atoms with Gasteiger partial charge in [-0.3, -0.25) is 0 Å². The Morgan fingerprint density at radius 3 is 2.89 bits per heavy atom. The zero-order valence-electron chi connectivity index (χ0n) is 16.6. The summed E-state index contributed by atoms with van der Waals surface area (Å²) in [6.45, 7) is 6.36. The second-order valence-electron chi connectivity index (χ2n) is 7.69. The van der Waals surface area contributed by atoms with Crippen LogP contribution in [0.2, 0.25) is 0 Å². The topological polar surface area (TPSA) is 68.6 Å². The first-order valence-corrected chi connectivity index (χ1v) is 10.4.